The Bertz CT molecular complexity index is 399. The Labute approximate surface area is 184 Å². The highest BCUT2D eigenvalue weighted by molar-refractivity contribution is 4.86. The van der Waals surface area contributed by atoms with Gasteiger partial charge in [0.15, 0.2) is 0 Å². The summed E-state index contributed by atoms with van der Waals surface area (Å²) in [6.45, 7) is 16.9. The van der Waals surface area contributed by atoms with Gasteiger partial charge < -0.3 is 28.8 Å². The molecule has 0 bridgehead atoms. The van der Waals surface area contributed by atoms with E-state index in [2.05, 4.69) is 34.6 Å². The zero-order valence-corrected chi connectivity index (χ0v) is 20.2. The monoisotopic (exact) mass is 432 g/mol. The molecule has 0 aromatic carbocycles. The van der Waals surface area contributed by atoms with E-state index in [4.69, 9.17) is 28.8 Å². The largest absolute Gasteiger partial charge is 0.394 e. The lowest BCUT2D eigenvalue weighted by atomic mass is 9.64. The predicted octanol–water partition coefficient (Wildman–Crippen LogP) is 4.08. The number of rotatable bonds is 17. The Kier molecular flexibility index (Phi) is 14.4. The second kappa shape index (κ2) is 15.5. The Balaban J connectivity index is 1.92. The van der Waals surface area contributed by atoms with Gasteiger partial charge in [-0.05, 0) is 48.9 Å². The van der Waals surface area contributed by atoms with Crippen LogP contribution in [0.15, 0.2) is 0 Å². The average Bonchev–Trinajstić information content (AvgIpc) is 2.67. The standard InChI is InChI=1S/C24H48O6/c1-23(2,3)20-24(4,5)21-6-8-22(9-7-21)30-19-18-29-17-16-28-15-14-27-13-12-26-11-10-25/h21-22,25H,6-20H2,1-5H3. The van der Waals surface area contributed by atoms with Crippen molar-refractivity contribution in [1.82, 2.24) is 0 Å². The lowest BCUT2D eigenvalue weighted by Gasteiger charge is -2.42. The van der Waals surface area contributed by atoms with E-state index < -0.39 is 0 Å². The van der Waals surface area contributed by atoms with Crippen molar-refractivity contribution in [3.63, 3.8) is 0 Å². The molecule has 180 valence electrons. The van der Waals surface area contributed by atoms with Crippen LogP contribution in [0.4, 0.5) is 0 Å². The molecule has 0 aromatic heterocycles. The molecule has 0 saturated heterocycles. The second-order valence-corrected chi connectivity index (χ2v) is 10.2. The minimum absolute atomic E-state index is 0.0469. The van der Waals surface area contributed by atoms with Crippen LogP contribution in [0.2, 0.25) is 0 Å². The number of hydrogen-bond acceptors (Lipinski definition) is 6. The molecule has 1 saturated carbocycles. The van der Waals surface area contributed by atoms with Gasteiger partial charge in [0.2, 0.25) is 0 Å². The maximum atomic E-state index is 8.57. The number of hydrogen-bond donors (Lipinski definition) is 1. The molecule has 1 fully saturated rings. The van der Waals surface area contributed by atoms with E-state index in [0.29, 0.717) is 76.4 Å². The van der Waals surface area contributed by atoms with Crippen molar-refractivity contribution < 1.29 is 28.8 Å². The van der Waals surface area contributed by atoms with Crippen LogP contribution in [0.3, 0.4) is 0 Å². The molecule has 0 aromatic rings. The quantitative estimate of drug-likeness (QED) is 0.349. The minimum Gasteiger partial charge on any atom is -0.394 e. The number of aliphatic hydroxyl groups excluding tert-OH is 1. The topological polar surface area (TPSA) is 66.4 Å². The summed E-state index contributed by atoms with van der Waals surface area (Å²) in [6, 6.07) is 0. The molecule has 0 amide bonds. The number of aliphatic hydroxyl groups is 1. The summed E-state index contributed by atoms with van der Waals surface area (Å²) in [6.07, 6.45) is 6.57. The van der Waals surface area contributed by atoms with E-state index >= 15 is 0 Å². The average molecular weight is 433 g/mol. The van der Waals surface area contributed by atoms with E-state index in [-0.39, 0.29) is 6.61 Å². The van der Waals surface area contributed by atoms with Crippen molar-refractivity contribution in [2.75, 3.05) is 66.1 Å². The van der Waals surface area contributed by atoms with E-state index in [0.717, 1.165) is 5.92 Å². The van der Waals surface area contributed by atoms with Gasteiger partial charge in [0.25, 0.3) is 0 Å². The molecule has 0 radical (unpaired) electrons. The normalized spacial score (nSPS) is 20.6. The first-order chi connectivity index (χ1) is 14.2. The van der Waals surface area contributed by atoms with Gasteiger partial charge in [-0.3, -0.25) is 0 Å². The van der Waals surface area contributed by atoms with Crippen molar-refractivity contribution in [3.8, 4) is 0 Å². The van der Waals surface area contributed by atoms with Gasteiger partial charge in [-0.25, -0.2) is 0 Å². The molecular weight excluding hydrogens is 384 g/mol. The maximum Gasteiger partial charge on any atom is 0.0704 e. The first-order valence-corrected chi connectivity index (χ1v) is 11.8. The second-order valence-electron chi connectivity index (χ2n) is 10.2. The lowest BCUT2D eigenvalue weighted by molar-refractivity contribution is -0.0407. The first-order valence-electron chi connectivity index (χ1n) is 11.8. The van der Waals surface area contributed by atoms with Crippen molar-refractivity contribution in [3.05, 3.63) is 0 Å². The Morgan fingerprint density at radius 1 is 0.633 bits per heavy atom. The van der Waals surface area contributed by atoms with E-state index in [1.54, 1.807) is 0 Å². The molecule has 0 unspecified atom stereocenters. The van der Waals surface area contributed by atoms with Gasteiger partial charge in [0.1, 0.15) is 0 Å². The van der Waals surface area contributed by atoms with Gasteiger partial charge in [0, 0.05) is 0 Å². The summed E-state index contributed by atoms with van der Waals surface area (Å²) in [5.74, 6) is 0.807. The molecule has 1 aliphatic carbocycles. The van der Waals surface area contributed by atoms with Crippen LogP contribution < -0.4 is 0 Å². The molecule has 1 N–H and O–H groups in total. The van der Waals surface area contributed by atoms with Crippen LogP contribution in [0, 0.1) is 16.7 Å². The van der Waals surface area contributed by atoms with Crippen LogP contribution in [-0.4, -0.2) is 77.3 Å². The summed E-state index contributed by atoms with van der Waals surface area (Å²) < 4.78 is 27.5. The minimum atomic E-state index is 0.0469. The highest BCUT2D eigenvalue weighted by Crippen LogP contribution is 2.45. The Hall–Kier alpha value is -0.240. The molecule has 30 heavy (non-hydrogen) atoms. The molecule has 6 heteroatoms. The van der Waals surface area contributed by atoms with Crippen LogP contribution in [0.25, 0.3) is 0 Å². The van der Waals surface area contributed by atoms with Gasteiger partial charge in [-0.2, -0.15) is 0 Å². The van der Waals surface area contributed by atoms with Crippen LogP contribution in [-0.2, 0) is 23.7 Å². The van der Waals surface area contributed by atoms with Crippen molar-refractivity contribution in [2.24, 2.45) is 16.7 Å². The van der Waals surface area contributed by atoms with Crippen LogP contribution >= 0.6 is 0 Å². The summed E-state index contributed by atoms with van der Waals surface area (Å²) in [4.78, 5) is 0. The van der Waals surface area contributed by atoms with Gasteiger partial charge in [0.05, 0.1) is 72.2 Å². The van der Waals surface area contributed by atoms with E-state index in [9.17, 15) is 0 Å². The highest BCUT2D eigenvalue weighted by atomic mass is 16.6. The fraction of sp³-hybridized carbons (Fsp3) is 1.00. The fourth-order valence-corrected chi connectivity index (χ4v) is 4.62. The van der Waals surface area contributed by atoms with Gasteiger partial charge in [-0.15, -0.1) is 0 Å². The van der Waals surface area contributed by atoms with Crippen molar-refractivity contribution >= 4 is 0 Å². The lowest BCUT2D eigenvalue weighted by Crippen LogP contribution is -2.34. The summed E-state index contributed by atoms with van der Waals surface area (Å²) >= 11 is 0. The molecular formula is C24H48O6. The smallest absolute Gasteiger partial charge is 0.0704 e. The third-order valence-corrected chi connectivity index (χ3v) is 5.70. The molecule has 1 aliphatic rings. The maximum absolute atomic E-state index is 8.57. The fourth-order valence-electron chi connectivity index (χ4n) is 4.62. The predicted molar refractivity (Wildman–Crippen MR) is 120 cm³/mol. The van der Waals surface area contributed by atoms with Crippen molar-refractivity contribution in [2.45, 2.75) is 72.8 Å². The Morgan fingerprint density at radius 3 is 1.50 bits per heavy atom. The van der Waals surface area contributed by atoms with E-state index in [1.807, 2.05) is 0 Å². The highest BCUT2D eigenvalue weighted by Gasteiger charge is 2.35. The van der Waals surface area contributed by atoms with Crippen molar-refractivity contribution in [1.29, 1.82) is 0 Å². The number of ether oxygens (including phenoxy) is 5. The molecule has 1 rings (SSSR count). The van der Waals surface area contributed by atoms with Gasteiger partial charge in [-0.1, -0.05) is 34.6 Å². The third kappa shape index (κ3) is 13.9. The summed E-state index contributed by atoms with van der Waals surface area (Å²) in [7, 11) is 0. The van der Waals surface area contributed by atoms with Crippen LogP contribution in [0.5, 0.6) is 0 Å². The molecule has 0 atom stereocenters. The Morgan fingerprint density at radius 2 is 1.07 bits per heavy atom. The molecule has 0 heterocycles. The van der Waals surface area contributed by atoms with Crippen LogP contribution in [0.1, 0.15) is 66.7 Å². The molecule has 0 aliphatic heterocycles. The molecule has 0 spiro atoms. The zero-order chi connectivity index (χ0) is 22.3. The zero-order valence-electron chi connectivity index (χ0n) is 20.2. The third-order valence-electron chi connectivity index (χ3n) is 5.70. The summed E-state index contributed by atoms with van der Waals surface area (Å²) in [5, 5.41) is 8.57. The first kappa shape index (κ1) is 27.8. The van der Waals surface area contributed by atoms with Gasteiger partial charge >= 0.3 is 0 Å². The SMILES string of the molecule is CC(C)(C)CC(C)(C)C1CCC(OCCOCCOCCOCCOCCO)CC1. The van der Waals surface area contributed by atoms with E-state index in [1.165, 1.54) is 32.1 Å². The summed E-state index contributed by atoms with van der Waals surface area (Å²) in [5.41, 5.74) is 0.797. The molecule has 6 nitrogen and oxygen atoms in total.